The fraction of sp³-hybridized carbons (Fsp3) is 0.455. The van der Waals surface area contributed by atoms with Crippen molar-refractivity contribution in [1.82, 2.24) is 14.2 Å². The molecule has 0 bridgehead atoms. The lowest BCUT2D eigenvalue weighted by Gasteiger charge is -2.16. The first-order chi connectivity index (χ1) is 6.89. The molecule has 2 aromatic rings. The highest BCUT2D eigenvalue weighted by atomic mass is 16.2. The molecule has 0 aliphatic heterocycles. The molecular formula is C11H15N3O. The van der Waals surface area contributed by atoms with Crippen LogP contribution in [0.1, 0.15) is 26.3 Å². The first kappa shape index (κ1) is 9.96. The van der Waals surface area contributed by atoms with Crippen molar-refractivity contribution < 1.29 is 0 Å². The van der Waals surface area contributed by atoms with Crippen LogP contribution in [0.3, 0.4) is 0 Å². The van der Waals surface area contributed by atoms with Crippen molar-refractivity contribution in [2.75, 3.05) is 0 Å². The summed E-state index contributed by atoms with van der Waals surface area (Å²) in [6.45, 7) is 7.86. The molecule has 2 aromatic heterocycles. The van der Waals surface area contributed by atoms with Crippen LogP contribution < -0.4 is 5.69 Å². The Morgan fingerprint density at radius 1 is 1.27 bits per heavy atom. The highest BCUT2D eigenvalue weighted by Gasteiger charge is 2.19. The van der Waals surface area contributed by atoms with E-state index in [1.807, 2.05) is 46.0 Å². The van der Waals surface area contributed by atoms with Gasteiger partial charge < -0.3 is 0 Å². The molecule has 0 fully saturated rings. The van der Waals surface area contributed by atoms with Gasteiger partial charge in [-0.15, -0.1) is 5.10 Å². The van der Waals surface area contributed by atoms with Crippen molar-refractivity contribution in [2.24, 2.45) is 0 Å². The van der Waals surface area contributed by atoms with Gasteiger partial charge in [0.1, 0.15) is 0 Å². The Hall–Kier alpha value is -1.58. The molecule has 0 aliphatic rings. The van der Waals surface area contributed by atoms with E-state index in [-0.39, 0.29) is 11.2 Å². The second kappa shape index (κ2) is 2.95. The lowest BCUT2D eigenvalue weighted by Crippen LogP contribution is -2.34. The summed E-state index contributed by atoms with van der Waals surface area (Å²) in [6, 6.07) is 3.81. The molecule has 15 heavy (non-hydrogen) atoms. The Bertz CT molecular complexity index is 557. The summed E-state index contributed by atoms with van der Waals surface area (Å²) in [4.78, 5) is 12.0. The molecule has 0 unspecified atom stereocenters. The zero-order valence-corrected chi connectivity index (χ0v) is 9.48. The molecule has 0 spiro atoms. The van der Waals surface area contributed by atoms with E-state index in [4.69, 9.17) is 0 Å². The number of fused-ring (bicyclic) bond motifs is 1. The predicted molar refractivity (Wildman–Crippen MR) is 59.2 cm³/mol. The van der Waals surface area contributed by atoms with E-state index in [1.54, 1.807) is 4.40 Å². The van der Waals surface area contributed by atoms with E-state index < -0.39 is 0 Å². The van der Waals surface area contributed by atoms with E-state index in [2.05, 4.69) is 5.10 Å². The summed E-state index contributed by atoms with van der Waals surface area (Å²) < 4.78 is 3.10. The summed E-state index contributed by atoms with van der Waals surface area (Å²) in [7, 11) is 0. The van der Waals surface area contributed by atoms with Gasteiger partial charge in [0.2, 0.25) is 0 Å². The molecule has 0 radical (unpaired) electrons. The molecule has 2 rings (SSSR count). The number of rotatable bonds is 0. The van der Waals surface area contributed by atoms with Crippen molar-refractivity contribution in [3.8, 4) is 0 Å². The van der Waals surface area contributed by atoms with Gasteiger partial charge in [0.15, 0.2) is 5.65 Å². The zero-order valence-electron chi connectivity index (χ0n) is 9.48. The van der Waals surface area contributed by atoms with E-state index in [0.29, 0.717) is 5.65 Å². The highest BCUT2D eigenvalue weighted by molar-refractivity contribution is 5.37. The maximum absolute atomic E-state index is 12.0. The largest absolute Gasteiger partial charge is 0.350 e. The van der Waals surface area contributed by atoms with Gasteiger partial charge in [-0.25, -0.2) is 9.48 Å². The van der Waals surface area contributed by atoms with Crippen LogP contribution in [0.25, 0.3) is 5.65 Å². The van der Waals surface area contributed by atoms with Gasteiger partial charge >= 0.3 is 5.69 Å². The van der Waals surface area contributed by atoms with E-state index in [0.717, 1.165) is 5.56 Å². The number of aromatic nitrogens is 3. The summed E-state index contributed by atoms with van der Waals surface area (Å²) in [6.07, 6.45) is 1.81. The Balaban J connectivity index is 2.82. The fourth-order valence-corrected chi connectivity index (χ4v) is 1.52. The standard InChI is InChI=1S/C11H15N3O/c1-8-5-6-9-12-14(11(2,3)4)10(15)13(9)7-8/h5-7H,1-4H3. The van der Waals surface area contributed by atoms with Crippen LogP contribution in [0, 0.1) is 6.92 Å². The molecule has 4 heteroatoms. The molecule has 0 saturated carbocycles. The first-order valence-corrected chi connectivity index (χ1v) is 4.98. The summed E-state index contributed by atoms with van der Waals surface area (Å²) in [5, 5.41) is 4.29. The van der Waals surface area contributed by atoms with Crippen LogP contribution in [-0.2, 0) is 5.54 Å². The van der Waals surface area contributed by atoms with Crippen molar-refractivity contribution in [3.05, 3.63) is 34.4 Å². The van der Waals surface area contributed by atoms with Gasteiger partial charge in [-0.2, -0.15) is 0 Å². The third-order valence-electron chi connectivity index (χ3n) is 2.30. The Labute approximate surface area is 88.2 Å². The molecule has 0 N–H and O–H groups in total. The SMILES string of the molecule is Cc1ccc2nn(C(C)(C)C)c(=O)n2c1. The smallest absolute Gasteiger partial charge is 0.250 e. The maximum Gasteiger partial charge on any atom is 0.350 e. The molecule has 0 amide bonds. The van der Waals surface area contributed by atoms with Crippen LogP contribution in [-0.4, -0.2) is 14.2 Å². The summed E-state index contributed by atoms with van der Waals surface area (Å²) >= 11 is 0. The van der Waals surface area contributed by atoms with E-state index >= 15 is 0 Å². The van der Waals surface area contributed by atoms with Gasteiger partial charge in [0, 0.05) is 6.20 Å². The molecule has 4 nitrogen and oxygen atoms in total. The Morgan fingerprint density at radius 3 is 2.53 bits per heavy atom. The van der Waals surface area contributed by atoms with Crippen molar-refractivity contribution in [3.63, 3.8) is 0 Å². The Kier molecular flexibility index (Phi) is 1.96. The lowest BCUT2D eigenvalue weighted by molar-refractivity contribution is 0.344. The molecule has 0 aromatic carbocycles. The summed E-state index contributed by atoms with van der Waals surface area (Å²) in [5.74, 6) is 0. The fourth-order valence-electron chi connectivity index (χ4n) is 1.52. The number of hydrogen-bond acceptors (Lipinski definition) is 2. The second-order valence-corrected chi connectivity index (χ2v) is 4.80. The van der Waals surface area contributed by atoms with Crippen LogP contribution >= 0.6 is 0 Å². The first-order valence-electron chi connectivity index (χ1n) is 4.98. The molecular weight excluding hydrogens is 190 g/mol. The lowest BCUT2D eigenvalue weighted by atomic mass is 10.1. The average Bonchev–Trinajstić information content (AvgIpc) is 2.43. The van der Waals surface area contributed by atoms with E-state index in [1.165, 1.54) is 4.68 Å². The predicted octanol–water partition coefficient (Wildman–Crippen LogP) is 1.56. The van der Waals surface area contributed by atoms with Crippen LogP contribution in [0.2, 0.25) is 0 Å². The molecule has 2 heterocycles. The number of hydrogen-bond donors (Lipinski definition) is 0. The van der Waals surface area contributed by atoms with Crippen molar-refractivity contribution in [1.29, 1.82) is 0 Å². The van der Waals surface area contributed by atoms with Crippen LogP contribution in [0.15, 0.2) is 23.1 Å². The number of aryl methyl sites for hydroxylation is 1. The van der Waals surface area contributed by atoms with Gasteiger partial charge in [-0.1, -0.05) is 6.07 Å². The minimum atomic E-state index is -0.281. The molecule has 0 aliphatic carbocycles. The highest BCUT2D eigenvalue weighted by Crippen LogP contribution is 2.10. The minimum absolute atomic E-state index is 0.0822. The topological polar surface area (TPSA) is 39.3 Å². The van der Waals surface area contributed by atoms with Gasteiger partial charge in [0.25, 0.3) is 0 Å². The second-order valence-electron chi connectivity index (χ2n) is 4.80. The zero-order chi connectivity index (χ0) is 11.2. The summed E-state index contributed by atoms with van der Waals surface area (Å²) in [5.41, 5.74) is 1.39. The Morgan fingerprint density at radius 2 is 1.93 bits per heavy atom. The normalized spacial score (nSPS) is 12.3. The van der Waals surface area contributed by atoms with Crippen LogP contribution in [0.5, 0.6) is 0 Å². The van der Waals surface area contributed by atoms with Gasteiger partial charge in [-0.3, -0.25) is 4.40 Å². The van der Waals surface area contributed by atoms with Crippen molar-refractivity contribution >= 4 is 5.65 Å². The third-order valence-corrected chi connectivity index (χ3v) is 2.30. The monoisotopic (exact) mass is 205 g/mol. The minimum Gasteiger partial charge on any atom is -0.250 e. The van der Waals surface area contributed by atoms with Crippen LogP contribution in [0.4, 0.5) is 0 Å². The number of nitrogens with zero attached hydrogens (tertiary/aromatic N) is 3. The average molecular weight is 205 g/mol. The molecule has 80 valence electrons. The van der Waals surface area contributed by atoms with Crippen molar-refractivity contribution in [2.45, 2.75) is 33.2 Å². The van der Waals surface area contributed by atoms with E-state index in [9.17, 15) is 4.79 Å². The quantitative estimate of drug-likeness (QED) is 0.654. The maximum atomic E-state index is 12.0. The number of pyridine rings is 1. The molecule has 0 saturated heterocycles. The van der Waals surface area contributed by atoms with Gasteiger partial charge in [0.05, 0.1) is 5.54 Å². The molecule has 0 atom stereocenters. The van der Waals surface area contributed by atoms with Gasteiger partial charge in [-0.05, 0) is 39.3 Å². The third kappa shape index (κ3) is 1.56.